The molecule has 0 aromatic heterocycles. The monoisotopic (exact) mass is 341 g/mol. The van der Waals surface area contributed by atoms with Crippen LogP contribution in [0.15, 0.2) is 30.3 Å². The van der Waals surface area contributed by atoms with Gasteiger partial charge in [-0.25, -0.2) is 0 Å². The maximum atomic E-state index is 10.3. The van der Waals surface area contributed by atoms with E-state index in [1.165, 1.54) is 0 Å². The average Bonchev–Trinajstić information content (AvgIpc) is 2.49. The zero-order valence-electron chi connectivity index (χ0n) is 15.1. The Morgan fingerprint density at radius 1 is 1.12 bits per heavy atom. The van der Waals surface area contributed by atoms with Crippen molar-refractivity contribution in [2.75, 3.05) is 0 Å². The molecule has 0 fully saturated rings. The summed E-state index contributed by atoms with van der Waals surface area (Å²) in [5.74, 6) is 0. The van der Waals surface area contributed by atoms with E-state index in [4.69, 9.17) is 4.74 Å². The van der Waals surface area contributed by atoms with E-state index < -0.39 is 24.7 Å². The summed E-state index contributed by atoms with van der Waals surface area (Å²) in [5, 5.41) is 33.2. The quantitative estimate of drug-likeness (QED) is 0.413. The molecule has 5 unspecified atom stereocenters. The average molecular weight is 341 g/mol. The molecule has 0 aliphatic heterocycles. The summed E-state index contributed by atoms with van der Waals surface area (Å²) < 4.78 is 5.40. The molecule has 1 rings (SSSR count). The van der Waals surface area contributed by atoms with E-state index in [9.17, 15) is 15.3 Å². The van der Waals surface area contributed by atoms with Gasteiger partial charge in [-0.3, -0.25) is 5.32 Å². The molecule has 138 valence electrons. The molecule has 0 heterocycles. The summed E-state index contributed by atoms with van der Waals surface area (Å²) in [7, 11) is 0. The number of nitrogens with one attached hydrogen (secondary N) is 1. The molecule has 7 N–H and O–H groups in total. The smallest absolute Gasteiger partial charge is 0.160 e. The Bertz CT molecular complexity index is 462. The van der Waals surface area contributed by atoms with Crippen LogP contribution in [0.25, 0.3) is 0 Å². The summed E-state index contributed by atoms with van der Waals surface area (Å²) in [4.78, 5) is 0. The molecule has 0 aliphatic rings. The van der Waals surface area contributed by atoms with E-state index in [0.717, 1.165) is 5.56 Å². The molecule has 1 aromatic rings. The van der Waals surface area contributed by atoms with Gasteiger partial charge in [-0.2, -0.15) is 0 Å². The molecule has 6 heteroatoms. The van der Waals surface area contributed by atoms with Crippen molar-refractivity contribution in [2.24, 2.45) is 5.41 Å². The summed E-state index contributed by atoms with van der Waals surface area (Å²) in [6.07, 6.45) is -2.38. The number of hydrogen-bond acceptors (Lipinski definition) is 5. The lowest BCUT2D eigenvalue weighted by Crippen LogP contribution is -2.72. The highest BCUT2D eigenvalue weighted by Crippen LogP contribution is 2.22. The van der Waals surface area contributed by atoms with Crippen molar-refractivity contribution in [3.8, 4) is 0 Å². The fourth-order valence-corrected chi connectivity index (χ4v) is 2.66. The van der Waals surface area contributed by atoms with E-state index in [1.807, 2.05) is 51.1 Å². The van der Waals surface area contributed by atoms with Gasteiger partial charge in [0.25, 0.3) is 0 Å². The van der Waals surface area contributed by atoms with Gasteiger partial charge in [0.1, 0.15) is 6.04 Å². The molecule has 24 heavy (non-hydrogen) atoms. The Kier molecular flexibility index (Phi) is 8.29. The number of rotatable bonds is 9. The molecule has 0 radical (unpaired) electrons. The number of aliphatic hydroxyl groups excluding tert-OH is 3. The first-order valence-corrected chi connectivity index (χ1v) is 8.40. The van der Waals surface area contributed by atoms with Gasteiger partial charge in [-0.1, -0.05) is 51.1 Å². The third kappa shape index (κ3) is 7.25. The Morgan fingerprint density at radius 2 is 1.71 bits per heavy atom. The standard InChI is InChI=1S/C18H32N2O4/c1-12(21)16(18(2,3)4)20-17(23)14(19)10-15(22)24-11-13-8-6-5-7-9-13/h5-9,12,14-17,20-23H,10-11,19H2,1-4H3/p+1. The van der Waals surface area contributed by atoms with Gasteiger partial charge in [0.2, 0.25) is 0 Å². The van der Waals surface area contributed by atoms with Gasteiger partial charge in [-0.05, 0) is 17.9 Å². The molecule has 0 saturated heterocycles. The lowest BCUT2D eigenvalue weighted by molar-refractivity contribution is -0.448. The first kappa shape index (κ1) is 21.0. The Hall–Kier alpha value is -1.02. The highest BCUT2D eigenvalue weighted by molar-refractivity contribution is 5.13. The highest BCUT2D eigenvalue weighted by Gasteiger charge is 2.33. The van der Waals surface area contributed by atoms with Crippen molar-refractivity contribution in [3.63, 3.8) is 0 Å². The van der Waals surface area contributed by atoms with Crippen LogP contribution < -0.4 is 11.1 Å². The zero-order valence-corrected chi connectivity index (χ0v) is 15.1. The molecule has 0 amide bonds. The third-order valence-electron chi connectivity index (χ3n) is 4.00. The molecule has 1 aromatic carbocycles. The SMILES string of the molecule is CC(O)C(NC(O)C([NH3+])CC(O)OCc1ccccc1)C(C)(C)C. The fraction of sp³-hybridized carbons (Fsp3) is 0.667. The maximum Gasteiger partial charge on any atom is 0.160 e. The van der Waals surface area contributed by atoms with E-state index in [1.54, 1.807) is 6.92 Å². The second-order valence-electron chi connectivity index (χ2n) is 7.44. The third-order valence-corrected chi connectivity index (χ3v) is 4.00. The predicted molar refractivity (Wildman–Crippen MR) is 92.6 cm³/mol. The molecule has 0 spiro atoms. The van der Waals surface area contributed by atoms with Crippen molar-refractivity contribution >= 4 is 0 Å². The lowest BCUT2D eigenvalue weighted by Gasteiger charge is -2.36. The largest absolute Gasteiger partial charge is 0.392 e. The van der Waals surface area contributed by atoms with Crippen LogP contribution in [-0.4, -0.2) is 46.0 Å². The van der Waals surface area contributed by atoms with Crippen LogP contribution in [0.3, 0.4) is 0 Å². The van der Waals surface area contributed by atoms with E-state index in [2.05, 4.69) is 11.1 Å². The van der Waals surface area contributed by atoms with Crippen LogP contribution in [0.1, 0.15) is 39.7 Å². The number of quaternary nitrogens is 1. The van der Waals surface area contributed by atoms with Crippen LogP contribution in [0.5, 0.6) is 0 Å². The number of hydrogen-bond donors (Lipinski definition) is 5. The van der Waals surface area contributed by atoms with Gasteiger partial charge in [0.05, 0.1) is 19.1 Å². The summed E-state index contributed by atoms with van der Waals surface area (Å²) in [6, 6.07) is 8.81. The molecule has 0 aliphatic carbocycles. The molecular weight excluding hydrogens is 308 g/mol. The van der Waals surface area contributed by atoms with Gasteiger partial charge in [-0.15, -0.1) is 0 Å². The second kappa shape index (κ2) is 9.46. The summed E-state index contributed by atoms with van der Waals surface area (Å²) in [6.45, 7) is 7.95. The van der Waals surface area contributed by atoms with Crippen LogP contribution in [0.4, 0.5) is 0 Å². The van der Waals surface area contributed by atoms with E-state index >= 15 is 0 Å². The minimum Gasteiger partial charge on any atom is -0.392 e. The fourth-order valence-electron chi connectivity index (χ4n) is 2.66. The number of ether oxygens (including phenoxy) is 1. The van der Waals surface area contributed by atoms with Gasteiger partial charge >= 0.3 is 0 Å². The van der Waals surface area contributed by atoms with Crippen molar-refractivity contribution in [2.45, 2.75) is 71.4 Å². The summed E-state index contributed by atoms with van der Waals surface area (Å²) in [5.41, 5.74) is 4.64. The van der Waals surface area contributed by atoms with E-state index in [0.29, 0.717) is 6.61 Å². The molecule has 0 saturated carbocycles. The van der Waals surface area contributed by atoms with Crippen LogP contribution in [-0.2, 0) is 11.3 Å². The minimum absolute atomic E-state index is 0.192. The van der Waals surface area contributed by atoms with Crippen molar-refractivity contribution in [1.82, 2.24) is 5.32 Å². The van der Waals surface area contributed by atoms with Crippen molar-refractivity contribution in [1.29, 1.82) is 0 Å². The van der Waals surface area contributed by atoms with Crippen LogP contribution in [0, 0.1) is 5.41 Å². The number of aliphatic hydroxyl groups is 3. The normalized spacial score (nSPS) is 18.7. The number of benzene rings is 1. The summed E-state index contributed by atoms with van der Waals surface area (Å²) >= 11 is 0. The highest BCUT2D eigenvalue weighted by atomic mass is 16.6. The minimum atomic E-state index is -1.01. The van der Waals surface area contributed by atoms with Gasteiger partial charge in [0, 0.05) is 6.04 Å². The first-order valence-electron chi connectivity index (χ1n) is 8.40. The molecular formula is C18H33N2O4+. The van der Waals surface area contributed by atoms with Crippen molar-refractivity contribution in [3.05, 3.63) is 35.9 Å². The topological polar surface area (TPSA) is 110 Å². The Balaban J connectivity index is 2.46. The van der Waals surface area contributed by atoms with Crippen LogP contribution >= 0.6 is 0 Å². The zero-order chi connectivity index (χ0) is 18.3. The molecule has 6 nitrogen and oxygen atoms in total. The second-order valence-corrected chi connectivity index (χ2v) is 7.44. The molecule has 5 atom stereocenters. The Labute approximate surface area is 144 Å². The predicted octanol–water partition coefficient (Wildman–Crippen LogP) is 0.226. The van der Waals surface area contributed by atoms with Crippen LogP contribution in [0.2, 0.25) is 0 Å². The molecule has 0 bridgehead atoms. The maximum absolute atomic E-state index is 10.3. The lowest BCUT2D eigenvalue weighted by atomic mass is 9.83. The van der Waals surface area contributed by atoms with Gasteiger partial charge in [0.15, 0.2) is 12.5 Å². The van der Waals surface area contributed by atoms with Gasteiger partial charge < -0.3 is 25.8 Å². The Morgan fingerprint density at radius 3 is 2.21 bits per heavy atom. The van der Waals surface area contributed by atoms with Crippen molar-refractivity contribution < 1.29 is 25.8 Å². The first-order chi connectivity index (χ1) is 11.1. The van der Waals surface area contributed by atoms with E-state index in [-0.39, 0.29) is 17.9 Å².